The van der Waals surface area contributed by atoms with E-state index in [1.54, 1.807) is 37.6 Å². The lowest BCUT2D eigenvalue weighted by Crippen LogP contribution is -2.17. The van der Waals surface area contributed by atoms with Crippen molar-refractivity contribution in [2.45, 2.75) is 13.5 Å². The van der Waals surface area contributed by atoms with Crippen LogP contribution < -0.4 is 14.9 Å². The van der Waals surface area contributed by atoms with Gasteiger partial charge in [0, 0.05) is 11.1 Å². The van der Waals surface area contributed by atoms with E-state index in [1.165, 1.54) is 5.56 Å². The summed E-state index contributed by atoms with van der Waals surface area (Å²) in [5.41, 5.74) is 6.11. The van der Waals surface area contributed by atoms with E-state index < -0.39 is 0 Å². The van der Waals surface area contributed by atoms with Gasteiger partial charge in [-0.05, 0) is 48.9 Å². The van der Waals surface area contributed by atoms with Gasteiger partial charge in [0.2, 0.25) is 0 Å². The minimum Gasteiger partial charge on any atom is -0.496 e. The van der Waals surface area contributed by atoms with Crippen LogP contribution in [0.5, 0.6) is 11.5 Å². The van der Waals surface area contributed by atoms with Crippen LogP contribution in [-0.4, -0.2) is 19.2 Å². The maximum Gasteiger partial charge on any atom is 0.271 e. The van der Waals surface area contributed by atoms with E-state index in [1.807, 2.05) is 36.4 Å². The predicted molar refractivity (Wildman–Crippen MR) is 110 cm³/mol. The monoisotopic (exact) mass is 374 g/mol. The fourth-order valence-electron chi connectivity index (χ4n) is 2.55. The Morgan fingerprint density at radius 2 is 1.71 bits per heavy atom. The molecule has 0 saturated heterocycles. The van der Waals surface area contributed by atoms with E-state index >= 15 is 0 Å². The first-order chi connectivity index (χ1) is 13.7. The molecule has 0 aliphatic heterocycles. The number of ether oxygens (including phenoxy) is 2. The van der Waals surface area contributed by atoms with Crippen molar-refractivity contribution < 1.29 is 14.3 Å². The molecule has 0 spiro atoms. The number of nitrogens with zero attached hydrogens (tertiary/aromatic N) is 1. The number of hydrazone groups is 1. The smallest absolute Gasteiger partial charge is 0.271 e. The number of hydrogen-bond acceptors (Lipinski definition) is 4. The lowest BCUT2D eigenvalue weighted by atomic mass is 10.2. The van der Waals surface area contributed by atoms with E-state index in [0.29, 0.717) is 23.7 Å². The van der Waals surface area contributed by atoms with Gasteiger partial charge in [0.15, 0.2) is 0 Å². The van der Waals surface area contributed by atoms with Crippen molar-refractivity contribution >= 4 is 12.1 Å². The quantitative estimate of drug-likeness (QED) is 0.494. The molecule has 1 amide bonds. The van der Waals surface area contributed by atoms with Crippen molar-refractivity contribution in [3.05, 3.63) is 95.1 Å². The maximum absolute atomic E-state index is 12.2. The Balaban J connectivity index is 1.54. The van der Waals surface area contributed by atoms with Crippen LogP contribution >= 0.6 is 0 Å². The van der Waals surface area contributed by atoms with Crippen LogP contribution in [0.4, 0.5) is 0 Å². The molecule has 3 rings (SSSR count). The highest BCUT2D eigenvalue weighted by atomic mass is 16.5. The van der Waals surface area contributed by atoms with Crippen molar-refractivity contribution in [2.24, 2.45) is 5.10 Å². The molecule has 0 saturated carbocycles. The molecule has 0 radical (unpaired) electrons. The number of methoxy groups -OCH3 is 1. The fourth-order valence-corrected chi connectivity index (χ4v) is 2.55. The zero-order valence-corrected chi connectivity index (χ0v) is 15.9. The van der Waals surface area contributed by atoms with E-state index in [4.69, 9.17) is 9.47 Å². The second kappa shape index (κ2) is 9.37. The molecule has 0 heterocycles. The van der Waals surface area contributed by atoms with E-state index in [-0.39, 0.29) is 5.91 Å². The molecule has 28 heavy (non-hydrogen) atoms. The minimum absolute atomic E-state index is 0.295. The standard InChI is InChI=1S/C23H22N2O3/c1-17-7-9-18(10-8-17)16-28-21-13-11-19(12-14-21)23(26)25-24-15-20-5-3-4-6-22(20)27-2/h3-15H,16H2,1-2H3,(H,25,26)/b24-15+. The molecule has 5 nitrogen and oxygen atoms in total. The molecule has 0 atom stereocenters. The third kappa shape index (κ3) is 5.20. The Labute approximate surface area is 164 Å². The molecule has 3 aromatic rings. The Bertz CT molecular complexity index is 948. The van der Waals surface area contributed by atoms with Crippen LogP contribution in [0.1, 0.15) is 27.0 Å². The summed E-state index contributed by atoms with van der Waals surface area (Å²) in [4.78, 5) is 12.2. The number of rotatable bonds is 7. The molecular weight excluding hydrogens is 352 g/mol. The third-order valence-corrected chi connectivity index (χ3v) is 4.15. The Morgan fingerprint density at radius 3 is 2.43 bits per heavy atom. The van der Waals surface area contributed by atoms with Gasteiger partial charge in [-0.2, -0.15) is 5.10 Å². The molecule has 142 valence electrons. The van der Waals surface area contributed by atoms with Gasteiger partial charge in [-0.25, -0.2) is 5.43 Å². The van der Waals surface area contributed by atoms with Crippen LogP contribution in [0.3, 0.4) is 0 Å². The van der Waals surface area contributed by atoms with Crippen molar-refractivity contribution in [1.29, 1.82) is 0 Å². The Morgan fingerprint density at radius 1 is 1.00 bits per heavy atom. The second-order valence-corrected chi connectivity index (χ2v) is 6.24. The number of amides is 1. The summed E-state index contributed by atoms with van der Waals surface area (Å²) in [6.07, 6.45) is 1.55. The number of aryl methyl sites for hydroxylation is 1. The van der Waals surface area contributed by atoms with Crippen molar-refractivity contribution in [3.63, 3.8) is 0 Å². The summed E-state index contributed by atoms with van der Waals surface area (Å²) < 4.78 is 11.0. The third-order valence-electron chi connectivity index (χ3n) is 4.15. The summed E-state index contributed by atoms with van der Waals surface area (Å²) in [5, 5.41) is 4.00. The number of para-hydroxylation sites is 1. The van der Waals surface area contributed by atoms with Crippen molar-refractivity contribution in [3.8, 4) is 11.5 Å². The van der Waals surface area contributed by atoms with Gasteiger partial charge in [-0.3, -0.25) is 4.79 Å². The molecule has 0 aromatic heterocycles. The average molecular weight is 374 g/mol. The second-order valence-electron chi connectivity index (χ2n) is 6.24. The first kappa shape index (κ1) is 19.2. The molecule has 0 fully saturated rings. The van der Waals surface area contributed by atoms with Crippen LogP contribution in [0, 0.1) is 6.92 Å². The number of hydrogen-bond donors (Lipinski definition) is 1. The van der Waals surface area contributed by atoms with Gasteiger partial charge < -0.3 is 9.47 Å². The van der Waals surface area contributed by atoms with Crippen molar-refractivity contribution in [1.82, 2.24) is 5.43 Å². The number of carbonyl (C=O) groups excluding carboxylic acids is 1. The SMILES string of the molecule is COc1ccccc1/C=N/NC(=O)c1ccc(OCc2ccc(C)cc2)cc1. The van der Waals surface area contributed by atoms with E-state index in [0.717, 1.165) is 11.1 Å². The summed E-state index contributed by atoms with van der Waals surface area (Å²) in [6, 6.07) is 22.6. The Kier molecular flexibility index (Phi) is 6.41. The zero-order valence-electron chi connectivity index (χ0n) is 15.9. The largest absolute Gasteiger partial charge is 0.496 e. The molecule has 1 N–H and O–H groups in total. The molecule has 0 aliphatic rings. The highest BCUT2D eigenvalue weighted by Gasteiger charge is 2.05. The normalized spacial score (nSPS) is 10.6. The molecular formula is C23H22N2O3. The number of benzene rings is 3. The zero-order chi connectivity index (χ0) is 19.8. The minimum atomic E-state index is -0.295. The number of nitrogens with one attached hydrogen (secondary N) is 1. The summed E-state index contributed by atoms with van der Waals surface area (Å²) in [7, 11) is 1.59. The van der Waals surface area contributed by atoms with Gasteiger partial charge in [0.25, 0.3) is 5.91 Å². The molecule has 5 heteroatoms. The van der Waals surface area contributed by atoms with Crippen LogP contribution in [0.15, 0.2) is 77.9 Å². The molecule has 0 bridgehead atoms. The van der Waals surface area contributed by atoms with Gasteiger partial charge in [0.1, 0.15) is 18.1 Å². The predicted octanol–water partition coefficient (Wildman–Crippen LogP) is 4.35. The van der Waals surface area contributed by atoms with Crippen LogP contribution in [0.25, 0.3) is 0 Å². The van der Waals surface area contributed by atoms with Gasteiger partial charge in [0.05, 0.1) is 13.3 Å². The van der Waals surface area contributed by atoms with Crippen molar-refractivity contribution in [2.75, 3.05) is 7.11 Å². The van der Waals surface area contributed by atoms with Crippen LogP contribution in [0.2, 0.25) is 0 Å². The first-order valence-electron chi connectivity index (χ1n) is 8.90. The lowest BCUT2D eigenvalue weighted by Gasteiger charge is -2.07. The summed E-state index contributed by atoms with van der Waals surface area (Å²) >= 11 is 0. The van der Waals surface area contributed by atoms with Gasteiger partial charge in [-0.1, -0.05) is 42.0 Å². The Hall–Kier alpha value is -3.60. The molecule has 3 aromatic carbocycles. The first-order valence-corrected chi connectivity index (χ1v) is 8.90. The summed E-state index contributed by atoms with van der Waals surface area (Å²) in [5.74, 6) is 1.10. The topological polar surface area (TPSA) is 59.9 Å². The molecule has 0 unspecified atom stereocenters. The fraction of sp³-hybridized carbons (Fsp3) is 0.130. The average Bonchev–Trinajstić information content (AvgIpc) is 2.74. The number of carbonyl (C=O) groups is 1. The molecule has 0 aliphatic carbocycles. The lowest BCUT2D eigenvalue weighted by molar-refractivity contribution is 0.0955. The van der Waals surface area contributed by atoms with Gasteiger partial charge in [-0.15, -0.1) is 0 Å². The van der Waals surface area contributed by atoms with E-state index in [2.05, 4.69) is 29.6 Å². The van der Waals surface area contributed by atoms with Crippen LogP contribution in [-0.2, 0) is 6.61 Å². The van der Waals surface area contributed by atoms with E-state index in [9.17, 15) is 4.79 Å². The van der Waals surface area contributed by atoms with Gasteiger partial charge >= 0.3 is 0 Å². The maximum atomic E-state index is 12.2. The highest BCUT2D eigenvalue weighted by Crippen LogP contribution is 2.16. The highest BCUT2D eigenvalue weighted by molar-refractivity contribution is 5.95. The summed E-state index contributed by atoms with van der Waals surface area (Å²) in [6.45, 7) is 2.53.